The van der Waals surface area contributed by atoms with E-state index in [0.717, 1.165) is 24.3 Å². The number of carbonyl (C=O) groups is 1. The Labute approximate surface area is 118 Å². The number of ether oxygens (including phenoxy) is 1. The molecule has 0 heterocycles. The third kappa shape index (κ3) is 5.05. The van der Waals surface area contributed by atoms with Crippen molar-refractivity contribution in [3.63, 3.8) is 0 Å². The lowest BCUT2D eigenvalue weighted by Crippen LogP contribution is -2.30. The number of nitrogens with one attached hydrogen (secondary N) is 1. The number of hydrogen-bond donors (Lipinski definition) is 1. The van der Waals surface area contributed by atoms with Gasteiger partial charge in [0.25, 0.3) is 0 Å². The molecule has 0 spiro atoms. The standard InChI is InChI=1S/C14H21FN2O3/c1-4-5-6-9-20-13-8-7-11(10-12(13)15)16-14(18)17(2)19-3/h7-8,10H,4-6,9H2,1-3H3,(H,16,18). The molecule has 112 valence electrons. The average molecular weight is 284 g/mol. The predicted octanol–water partition coefficient (Wildman–Crippen LogP) is 3.42. The second-order valence-corrected chi connectivity index (χ2v) is 4.31. The molecule has 6 heteroatoms. The van der Waals surface area contributed by atoms with Crippen molar-refractivity contribution < 1.29 is 18.8 Å². The van der Waals surface area contributed by atoms with Crippen LogP contribution in [0.1, 0.15) is 26.2 Å². The topological polar surface area (TPSA) is 50.8 Å². The van der Waals surface area contributed by atoms with Crippen molar-refractivity contribution in [1.29, 1.82) is 0 Å². The SMILES string of the molecule is CCCCCOc1ccc(NC(=O)N(C)OC)cc1F. The van der Waals surface area contributed by atoms with E-state index in [1.54, 1.807) is 6.07 Å². The van der Waals surface area contributed by atoms with Crippen LogP contribution >= 0.6 is 0 Å². The van der Waals surface area contributed by atoms with Gasteiger partial charge in [-0.25, -0.2) is 14.2 Å². The van der Waals surface area contributed by atoms with Crippen molar-refractivity contribution in [2.24, 2.45) is 0 Å². The van der Waals surface area contributed by atoms with Gasteiger partial charge in [-0.15, -0.1) is 0 Å². The van der Waals surface area contributed by atoms with Gasteiger partial charge in [-0.3, -0.25) is 4.84 Å². The zero-order valence-electron chi connectivity index (χ0n) is 12.1. The van der Waals surface area contributed by atoms with E-state index in [-0.39, 0.29) is 5.75 Å². The Balaban J connectivity index is 2.56. The highest BCUT2D eigenvalue weighted by molar-refractivity contribution is 5.88. The molecule has 1 rings (SSSR count). The first kappa shape index (κ1) is 16.2. The van der Waals surface area contributed by atoms with Gasteiger partial charge in [0, 0.05) is 18.8 Å². The minimum absolute atomic E-state index is 0.194. The van der Waals surface area contributed by atoms with Crippen LogP contribution in [0.4, 0.5) is 14.9 Å². The molecule has 1 aromatic rings. The monoisotopic (exact) mass is 284 g/mol. The molecule has 0 atom stereocenters. The molecule has 5 nitrogen and oxygen atoms in total. The summed E-state index contributed by atoms with van der Waals surface area (Å²) in [5, 5.41) is 3.51. The van der Waals surface area contributed by atoms with Crippen LogP contribution in [0.3, 0.4) is 0 Å². The van der Waals surface area contributed by atoms with E-state index in [1.807, 2.05) is 0 Å². The molecule has 0 saturated carbocycles. The van der Waals surface area contributed by atoms with Crippen molar-refractivity contribution >= 4 is 11.7 Å². The third-order valence-corrected chi connectivity index (χ3v) is 2.75. The minimum atomic E-state index is -0.501. The molecule has 0 bridgehead atoms. The molecule has 0 aromatic heterocycles. The van der Waals surface area contributed by atoms with Gasteiger partial charge in [-0.05, 0) is 18.6 Å². The lowest BCUT2D eigenvalue weighted by atomic mass is 10.2. The molecule has 0 saturated heterocycles. The van der Waals surface area contributed by atoms with Crippen LogP contribution < -0.4 is 10.1 Å². The molecule has 2 amide bonds. The van der Waals surface area contributed by atoms with Crippen LogP contribution in [0.15, 0.2) is 18.2 Å². The Morgan fingerprint density at radius 1 is 1.40 bits per heavy atom. The van der Waals surface area contributed by atoms with Crippen LogP contribution in [0.5, 0.6) is 5.75 Å². The summed E-state index contributed by atoms with van der Waals surface area (Å²) in [7, 11) is 2.82. The maximum absolute atomic E-state index is 13.8. The third-order valence-electron chi connectivity index (χ3n) is 2.75. The maximum atomic E-state index is 13.8. The second kappa shape index (κ2) is 8.37. The number of nitrogens with zero attached hydrogens (tertiary/aromatic N) is 1. The highest BCUT2D eigenvalue weighted by atomic mass is 19.1. The number of carbonyl (C=O) groups excluding carboxylic acids is 1. The van der Waals surface area contributed by atoms with Crippen LogP contribution in [0.25, 0.3) is 0 Å². The molecule has 0 aliphatic rings. The number of benzene rings is 1. The fourth-order valence-electron chi connectivity index (χ4n) is 1.51. The first-order valence-corrected chi connectivity index (χ1v) is 6.59. The van der Waals surface area contributed by atoms with Crippen molar-refractivity contribution in [2.75, 3.05) is 26.1 Å². The molecule has 0 aliphatic heterocycles. The van der Waals surface area contributed by atoms with Gasteiger partial charge in [0.05, 0.1) is 13.7 Å². The largest absolute Gasteiger partial charge is 0.491 e. The Morgan fingerprint density at radius 3 is 2.75 bits per heavy atom. The van der Waals surface area contributed by atoms with E-state index in [4.69, 9.17) is 9.57 Å². The number of unbranched alkanes of at least 4 members (excludes halogenated alkanes) is 2. The van der Waals surface area contributed by atoms with Crippen LogP contribution in [-0.4, -0.2) is 31.9 Å². The summed E-state index contributed by atoms with van der Waals surface area (Å²) in [6, 6.07) is 3.82. The number of hydrogen-bond acceptors (Lipinski definition) is 3. The van der Waals surface area contributed by atoms with Gasteiger partial charge in [0.2, 0.25) is 0 Å². The van der Waals surface area contributed by atoms with Gasteiger partial charge < -0.3 is 10.1 Å². The molecule has 1 aromatic carbocycles. The highest BCUT2D eigenvalue weighted by Gasteiger charge is 2.10. The van der Waals surface area contributed by atoms with E-state index in [1.165, 1.54) is 26.3 Å². The Morgan fingerprint density at radius 2 is 2.15 bits per heavy atom. The summed E-state index contributed by atoms with van der Waals surface area (Å²) in [4.78, 5) is 16.2. The Bertz CT molecular complexity index is 440. The first-order chi connectivity index (χ1) is 9.58. The molecule has 0 radical (unpaired) electrons. The second-order valence-electron chi connectivity index (χ2n) is 4.31. The van der Waals surface area contributed by atoms with Crippen molar-refractivity contribution in [1.82, 2.24) is 5.06 Å². The van der Waals surface area contributed by atoms with Gasteiger partial charge in [0.1, 0.15) is 0 Å². The van der Waals surface area contributed by atoms with E-state index in [9.17, 15) is 9.18 Å². The minimum Gasteiger partial charge on any atom is -0.491 e. The van der Waals surface area contributed by atoms with E-state index in [2.05, 4.69) is 12.2 Å². The molecular weight excluding hydrogens is 263 g/mol. The number of anilines is 1. The summed E-state index contributed by atoms with van der Waals surface area (Å²) in [5.74, 6) is -0.307. The average Bonchev–Trinajstić information content (AvgIpc) is 2.44. The molecule has 0 unspecified atom stereocenters. The summed E-state index contributed by atoms with van der Waals surface area (Å²) >= 11 is 0. The zero-order chi connectivity index (χ0) is 15.0. The summed E-state index contributed by atoms with van der Waals surface area (Å²) < 4.78 is 19.1. The number of rotatable bonds is 7. The number of hydroxylamine groups is 2. The van der Waals surface area contributed by atoms with Gasteiger partial charge in [0.15, 0.2) is 11.6 Å². The van der Waals surface area contributed by atoms with E-state index in [0.29, 0.717) is 12.3 Å². The fourth-order valence-corrected chi connectivity index (χ4v) is 1.51. The van der Waals surface area contributed by atoms with E-state index < -0.39 is 11.8 Å². The molecule has 1 N–H and O–H groups in total. The van der Waals surface area contributed by atoms with Gasteiger partial charge >= 0.3 is 6.03 Å². The lowest BCUT2D eigenvalue weighted by Gasteiger charge is -2.15. The first-order valence-electron chi connectivity index (χ1n) is 6.59. The quantitative estimate of drug-likeness (QED) is 0.616. The zero-order valence-corrected chi connectivity index (χ0v) is 12.1. The molecular formula is C14H21FN2O3. The molecule has 20 heavy (non-hydrogen) atoms. The predicted molar refractivity (Wildman–Crippen MR) is 75.2 cm³/mol. The highest BCUT2D eigenvalue weighted by Crippen LogP contribution is 2.21. The Kier molecular flexibility index (Phi) is 6.79. The molecule has 0 aliphatic carbocycles. The van der Waals surface area contributed by atoms with Crippen LogP contribution in [0.2, 0.25) is 0 Å². The smallest absolute Gasteiger partial charge is 0.345 e. The van der Waals surface area contributed by atoms with Gasteiger partial charge in [-0.2, -0.15) is 0 Å². The van der Waals surface area contributed by atoms with Gasteiger partial charge in [-0.1, -0.05) is 19.8 Å². The summed E-state index contributed by atoms with van der Waals surface area (Å²) in [5.41, 5.74) is 0.345. The summed E-state index contributed by atoms with van der Waals surface area (Å²) in [6.07, 6.45) is 3.04. The Hall–Kier alpha value is -1.82. The van der Waals surface area contributed by atoms with Crippen molar-refractivity contribution in [3.05, 3.63) is 24.0 Å². The van der Waals surface area contributed by atoms with E-state index >= 15 is 0 Å². The maximum Gasteiger partial charge on any atom is 0.345 e. The number of amides is 2. The summed E-state index contributed by atoms with van der Waals surface area (Å²) in [6.45, 7) is 2.58. The van der Waals surface area contributed by atoms with Crippen molar-refractivity contribution in [2.45, 2.75) is 26.2 Å². The number of urea groups is 1. The fraction of sp³-hybridized carbons (Fsp3) is 0.500. The lowest BCUT2D eigenvalue weighted by molar-refractivity contribution is -0.0598. The van der Waals surface area contributed by atoms with Crippen LogP contribution in [0, 0.1) is 5.82 Å². The number of halogens is 1. The van der Waals surface area contributed by atoms with Crippen molar-refractivity contribution in [3.8, 4) is 5.75 Å². The normalized spacial score (nSPS) is 10.2. The van der Waals surface area contributed by atoms with Crippen LogP contribution in [-0.2, 0) is 4.84 Å². The molecule has 0 fully saturated rings.